The van der Waals surface area contributed by atoms with Crippen molar-refractivity contribution in [3.05, 3.63) is 53.1 Å². The molecule has 5 heteroatoms. The van der Waals surface area contributed by atoms with Gasteiger partial charge in [-0.25, -0.2) is 9.78 Å². The standard InChI is InChI=1S/C17H21N3O2/c1-3-22-17(21)13-4-6-15-12(8-13)5-7-16(15)20(2)10-14-9-18-11-19-14/h4,6,8-9,11,16H,3,5,7,10H2,1-2H3,(H,18,19). The minimum Gasteiger partial charge on any atom is -0.462 e. The van der Waals surface area contributed by atoms with Crippen molar-refractivity contribution in [2.75, 3.05) is 13.7 Å². The average molecular weight is 299 g/mol. The van der Waals surface area contributed by atoms with Gasteiger partial charge in [0.05, 0.1) is 18.5 Å². The maximum atomic E-state index is 11.8. The number of nitrogens with one attached hydrogen (secondary N) is 1. The van der Waals surface area contributed by atoms with E-state index in [1.165, 1.54) is 11.1 Å². The predicted octanol–water partition coefficient (Wildman–Crippen LogP) is 2.71. The summed E-state index contributed by atoms with van der Waals surface area (Å²) in [6, 6.07) is 6.31. The Morgan fingerprint density at radius 1 is 1.50 bits per heavy atom. The molecule has 0 fully saturated rings. The van der Waals surface area contributed by atoms with Crippen LogP contribution in [0.5, 0.6) is 0 Å². The van der Waals surface area contributed by atoms with E-state index < -0.39 is 0 Å². The highest BCUT2D eigenvalue weighted by Gasteiger charge is 2.27. The fourth-order valence-electron chi connectivity index (χ4n) is 3.14. The number of hydrogen-bond acceptors (Lipinski definition) is 4. The Morgan fingerprint density at radius 3 is 3.09 bits per heavy atom. The monoisotopic (exact) mass is 299 g/mol. The summed E-state index contributed by atoms with van der Waals surface area (Å²) >= 11 is 0. The summed E-state index contributed by atoms with van der Waals surface area (Å²) in [5, 5.41) is 0. The Morgan fingerprint density at radius 2 is 2.36 bits per heavy atom. The lowest BCUT2D eigenvalue weighted by Gasteiger charge is -2.24. The molecule has 0 aliphatic heterocycles. The van der Waals surface area contributed by atoms with Crippen LogP contribution in [0.25, 0.3) is 0 Å². The number of ether oxygens (including phenoxy) is 1. The van der Waals surface area contributed by atoms with Gasteiger partial charge in [0.2, 0.25) is 0 Å². The third-order valence-electron chi connectivity index (χ3n) is 4.21. The predicted molar refractivity (Wildman–Crippen MR) is 83.5 cm³/mol. The molecule has 0 radical (unpaired) electrons. The summed E-state index contributed by atoms with van der Waals surface area (Å²) in [5.41, 5.74) is 4.33. The highest BCUT2D eigenvalue weighted by atomic mass is 16.5. The summed E-state index contributed by atoms with van der Waals surface area (Å²) in [5.74, 6) is -0.237. The molecular weight excluding hydrogens is 278 g/mol. The van der Waals surface area contributed by atoms with Gasteiger partial charge in [-0.2, -0.15) is 0 Å². The number of aromatic nitrogens is 2. The molecule has 1 aromatic heterocycles. The van der Waals surface area contributed by atoms with Gasteiger partial charge in [0.25, 0.3) is 0 Å². The second-order valence-corrected chi connectivity index (χ2v) is 5.68. The fourth-order valence-corrected chi connectivity index (χ4v) is 3.14. The lowest BCUT2D eigenvalue weighted by atomic mass is 10.0. The van der Waals surface area contributed by atoms with E-state index in [1.807, 2.05) is 25.3 Å². The minimum atomic E-state index is -0.237. The van der Waals surface area contributed by atoms with Crippen molar-refractivity contribution in [1.29, 1.82) is 0 Å². The van der Waals surface area contributed by atoms with Gasteiger partial charge < -0.3 is 9.72 Å². The molecule has 1 aliphatic rings. The molecule has 0 spiro atoms. The molecule has 0 bridgehead atoms. The number of rotatable bonds is 5. The molecule has 1 atom stereocenters. The Labute approximate surface area is 130 Å². The fraction of sp³-hybridized carbons (Fsp3) is 0.412. The van der Waals surface area contributed by atoms with Gasteiger partial charge in [-0.1, -0.05) is 6.07 Å². The third kappa shape index (κ3) is 2.90. The van der Waals surface area contributed by atoms with E-state index in [2.05, 4.69) is 28.0 Å². The van der Waals surface area contributed by atoms with Crippen LogP contribution in [0.2, 0.25) is 0 Å². The van der Waals surface area contributed by atoms with Crippen LogP contribution in [0.1, 0.15) is 46.6 Å². The number of nitrogens with zero attached hydrogens (tertiary/aromatic N) is 2. The summed E-state index contributed by atoms with van der Waals surface area (Å²) in [6.45, 7) is 3.07. The van der Waals surface area contributed by atoms with E-state index in [4.69, 9.17) is 4.74 Å². The molecule has 3 rings (SSSR count). The van der Waals surface area contributed by atoms with E-state index in [0.29, 0.717) is 18.2 Å². The van der Waals surface area contributed by atoms with Crippen molar-refractivity contribution in [3.8, 4) is 0 Å². The van der Waals surface area contributed by atoms with E-state index in [9.17, 15) is 4.79 Å². The number of benzene rings is 1. The van der Waals surface area contributed by atoms with Crippen LogP contribution in [0, 0.1) is 0 Å². The second kappa shape index (κ2) is 6.32. The topological polar surface area (TPSA) is 58.2 Å². The van der Waals surface area contributed by atoms with Gasteiger partial charge in [0.1, 0.15) is 0 Å². The van der Waals surface area contributed by atoms with E-state index in [-0.39, 0.29) is 5.97 Å². The third-order valence-corrected chi connectivity index (χ3v) is 4.21. The van der Waals surface area contributed by atoms with Crippen LogP contribution in [-0.4, -0.2) is 34.5 Å². The van der Waals surface area contributed by atoms with Crippen LogP contribution < -0.4 is 0 Å². The van der Waals surface area contributed by atoms with Crippen molar-refractivity contribution in [3.63, 3.8) is 0 Å². The molecule has 1 N–H and O–H groups in total. The molecule has 116 valence electrons. The van der Waals surface area contributed by atoms with E-state index in [0.717, 1.165) is 25.1 Å². The van der Waals surface area contributed by atoms with Crippen molar-refractivity contribution >= 4 is 5.97 Å². The Kier molecular flexibility index (Phi) is 4.24. The first kappa shape index (κ1) is 14.8. The number of aryl methyl sites for hydroxylation is 1. The molecule has 1 aliphatic carbocycles. The summed E-state index contributed by atoms with van der Waals surface area (Å²) in [6.07, 6.45) is 5.64. The van der Waals surface area contributed by atoms with Crippen molar-refractivity contribution in [2.24, 2.45) is 0 Å². The van der Waals surface area contributed by atoms with Crippen LogP contribution in [0.15, 0.2) is 30.7 Å². The summed E-state index contributed by atoms with van der Waals surface area (Å²) < 4.78 is 5.07. The van der Waals surface area contributed by atoms with Gasteiger partial charge in [0, 0.05) is 24.5 Å². The van der Waals surface area contributed by atoms with Crippen molar-refractivity contribution < 1.29 is 9.53 Å². The maximum Gasteiger partial charge on any atom is 0.338 e. The Hall–Kier alpha value is -2.14. The first-order chi connectivity index (χ1) is 10.7. The van der Waals surface area contributed by atoms with Gasteiger partial charge in [-0.05, 0) is 50.1 Å². The average Bonchev–Trinajstić information content (AvgIpc) is 3.15. The van der Waals surface area contributed by atoms with Crippen LogP contribution >= 0.6 is 0 Å². The number of aromatic amines is 1. The number of H-pyrrole nitrogens is 1. The highest BCUT2D eigenvalue weighted by molar-refractivity contribution is 5.89. The first-order valence-electron chi connectivity index (χ1n) is 7.66. The second-order valence-electron chi connectivity index (χ2n) is 5.68. The molecular formula is C17H21N3O2. The molecule has 2 aromatic rings. The number of esters is 1. The van der Waals surface area contributed by atoms with Crippen molar-refractivity contribution in [1.82, 2.24) is 14.9 Å². The highest BCUT2D eigenvalue weighted by Crippen LogP contribution is 2.36. The van der Waals surface area contributed by atoms with E-state index >= 15 is 0 Å². The Balaban J connectivity index is 1.75. The molecule has 0 amide bonds. The number of imidazole rings is 1. The van der Waals surface area contributed by atoms with Gasteiger partial charge in [-0.3, -0.25) is 4.90 Å². The summed E-state index contributed by atoms with van der Waals surface area (Å²) in [7, 11) is 2.12. The zero-order chi connectivity index (χ0) is 15.5. The summed E-state index contributed by atoms with van der Waals surface area (Å²) in [4.78, 5) is 21.4. The zero-order valence-electron chi connectivity index (χ0n) is 13.0. The zero-order valence-corrected chi connectivity index (χ0v) is 13.0. The molecule has 0 saturated carbocycles. The van der Waals surface area contributed by atoms with Crippen LogP contribution in [0.4, 0.5) is 0 Å². The van der Waals surface area contributed by atoms with E-state index in [1.54, 1.807) is 6.33 Å². The van der Waals surface area contributed by atoms with Gasteiger partial charge in [0.15, 0.2) is 0 Å². The molecule has 1 unspecified atom stereocenters. The normalized spacial score (nSPS) is 16.8. The number of carbonyl (C=O) groups is 1. The first-order valence-corrected chi connectivity index (χ1v) is 7.66. The maximum absolute atomic E-state index is 11.8. The largest absolute Gasteiger partial charge is 0.462 e. The number of fused-ring (bicyclic) bond motifs is 1. The molecule has 22 heavy (non-hydrogen) atoms. The SMILES string of the molecule is CCOC(=O)c1ccc2c(c1)CCC2N(C)Cc1cnc[nH]1. The quantitative estimate of drug-likeness (QED) is 0.862. The minimum absolute atomic E-state index is 0.237. The van der Waals surface area contributed by atoms with Crippen LogP contribution in [0.3, 0.4) is 0 Å². The number of carbonyl (C=O) groups excluding carboxylic acids is 1. The van der Waals surface area contributed by atoms with Gasteiger partial charge >= 0.3 is 5.97 Å². The molecule has 1 aromatic carbocycles. The molecule has 5 nitrogen and oxygen atoms in total. The van der Waals surface area contributed by atoms with Gasteiger partial charge in [-0.15, -0.1) is 0 Å². The lowest BCUT2D eigenvalue weighted by molar-refractivity contribution is 0.0526. The molecule has 1 heterocycles. The van der Waals surface area contributed by atoms with Crippen LogP contribution in [-0.2, 0) is 17.7 Å². The lowest BCUT2D eigenvalue weighted by Crippen LogP contribution is -2.22. The smallest absolute Gasteiger partial charge is 0.338 e. The molecule has 0 saturated heterocycles. The number of hydrogen-bond donors (Lipinski definition) is 1. The Bertz CT molecular complexity index is 652. The van der Waals surface area contributed by atoms with Crippen molar-refractivity contribution in [2.45, 2.75) is 32.4 Å².